The van der Waals surface area contributed by atoms with Gasteiger partial charge < -0.3 is 24.4 Å². The van der Waals surface area contributed by atoms with Crippen LogP contribution in [-0.4, -0.2) is 93.1 Å². The quantitative estimate of drug-likeness (QED) is 0.792. The first-order valence-corrected chi connectivity index (χ1v) is 10.4. The van der Waals surface area contributed by atoms with Crippen LogP contribution >= 0.6 is 0 Å². The van der Waals surface area contributed by atoms with Crippen molar-refractivity contribution in [3.8, 4) is 0 Å². The van der Waals surface area contributed by atoms with Gasteiger partial charge in [0.1, 0.15) is 0 Å². The monoisotopic (exact) mass is 402 g/mol. The van der Waals surface area contributed by atoms with Gasteiger partial charge in [-0.25, -0.2) is 4.98 Å². The summed E-state index contributed by atoms with van der Waals surface area (Å²) >= 11 is 0. The Morgan fingerprint density at radius 3 is 2.69 bits per heavy atom. The largest absolute Gasteiger partial charge is 0.390 e. The van der Waals surface area contributed by atoms with Crippen LogP contribution in [0, 0.1) is 0 Å². The fraction of sp³-hybridized carbons (Fsp3) is 0.619. The summed E-state index contributed by atoms with van der Waals surface area (Å²) in [5, 5.41) is 21.0. The summed E-state index contributed by atoms with van der Waals surface area (Å²) in [6, 6.07) is 5.61. The molecule has 0 unspecified atom stereocenters. The molecule has 3 atom stereocenters. The van der Waals surface area contributed by atoms with Crippen LogP contribution < -0.4 is 0 Å². The zero-order valence-corrected chi connectivity index (χ0v) is 17.1. The highest BCUT2D eigenvalue weighted by Gasteiger charge is 2.37. The molecule has 0 spiro atoms. The zero-order chi connectivity index (χ0) is 20.5. The van der Waals surface area contributed by atoms with E-state index in [1.54, 1.807) is 11.2 Å². The fourth-order valence-corrected chi connectivity index (χ4v) is 4.32. The van der Waals surface area contributed by atoms with Crippen molar-refractivity contribution in [3.63, 3.8) is 0 Å². The Balaban J connectivity index is 1.57. The number of benzene rings is 1. The second-order valence-corrected chi connectivity index (χ2v) is 8.26. The molecule has 2 N–H and O–H groups in total. The van der Waals surface area contributed by atoms with Gasteiger partial charge >= 0.3 is 0 Å². The summed E-state index contributed by atoms with van der Waals surface area (Å²) in [5.41, 5.74) is 2.38. The van der Waals surface area contributed by atoms with Gasteiger partial charge in [0.25, 0.3) is 5.91 Å². The Morgan fingerprint density at radius 2 is 1.97 bits per heavy atom. The van der Waals surface area contributed by atoms with Crippen molar-refractivity contribution in [1.29, 1.82) is 0 Å². The van der Waals surface area contributed by atoms with E-state index in [4.69, 9.17) is 4.74 Å². The molecule has 2 aromatic rings. The smallest absolute Gasteiger partial charge is 0.253 e. The van der Waals surface area contributed by atoms with Gasteiger partial charge in [-0.1, -0.05) is 0 Å². The van der Waals surface area contributed by atoms with Gasteiger partial charge in [0.15, 0.2) is 0 Å². The van der Waals surface area contributed by atoms with Crippen molar-refractivity contribution in [2.75, 3.05) is 39.4 Å². The van der Waals surface area contributed by atoms with Crippen LogP contribution in [0.2, 0.25) is 0 Å². The van der Waals surface area contributed by atoms with E-state index in [0.717, 1.165) is 11.0 Å². The van der Waals surface area contributed by atoms with Crippen LogP contribution in [0.25, 0.3) is 11.0 Å². The number of fused-ring (bicyclic) bond motifs is 1. The van der Waals surface area contributed by atoms with Crippen LogP contribution in [0.1, 0.15) is 36.7 Å². The predicted molar refractivity (Wildman–Crippen MR) is 109 cm³/mol. The molecule has 0 aliphatic carbocycles. The maximum absolute atomic E-state index is 13.3. The molecule has 2 aliphatic heterocycles. The highest BCUT2D eigenvalue weighted by atomic mass is 16.5. The summed E-state index contributed by atoms with van der Waals surface area (Å²) in [6.45, 7) is 7.57. The summed E-state index contributed by atoms with van der Waals surface area (Å²) in [6.07, 6.45) is 0.439. The lowest BCUT2D eigenvalue weighted by molar-refractivity contribution is -0.0609. The van der Waals surface area contributed by atoms with E-state index in [9.17, 15) is 15.0 Å². The topological polar surface area (TPSA) is 91.1 Å². The first kappa shape index (κ1) is 20.3. The van der Waals surface area contributed by atoms with Crippen molar-refractivity contribution in [2.45, 2.75) is 44.6 Å². The Bertz CT molecular complexity index is 861. The third-order valence-corrected chi connectivity index (χ3v) is 6.07. The third kappa shape index (κ3) is 4.02. The van der Waals surface area contributed by atoms with Crippen LogP contribution in [-0.2, 0) is 4.74 Å². The molecular weight excluding hydrogens is 372 g/mol. The summed E-state index contributed by atoms with van der Waals surface area (Å²) < 4.78 is 7.49. The maximum Gasteiger partial charge on any atom is 0.253 e. The van der Waals surface area contributed by atoms with E-state index in [0.29, 0.717) is 57.4 Å². The second-order valence-electron chi connectivity index (χ2n) is 8.26. The van der Waals surface area contributed by atoms with E-state index >= 15 is 0 Å². The van der Waals surface area contributed by atoms with Gasteiger partial charge in [0.2, 0.25) is 0 Å². The average Bonchev–Trinajstić information content (AvgIpc) is 3.10. The van der Waals surface area contributed by atoms with Crippen molar-refractivity contribution < 1.29 is 19.7 Å². The summed E-state index contributed by atoms with van der Waals surface area (Å²) in [5.74, 6) is -0.0921. The van der Waals surface area contributed by atoms with E-state index < -0.39 is 12.2 Å². The number of amides is 1. The van der Waals surface area contributed by atoms with Crippen LogP contribution in [0.15, 0.2) is 24.5 Å². The lowest BCUT2D eigenvalue weighted by Crippen LogP contribution is -2.55. The number of aliphatic hydroxyl groups is 2. The van der Waals surface area contributed by atoms with E-state index in [1.807, 2.05) is 18.2 Å². The number of nitrogens with zero attached hydrogens (tertiary/aromatic N) is 4. The molecule has 1 aromatic carbocycles. The minimum atomic E-state index is -0.880. The number of imidazole rings is 1. The van der Waals surface area contributed by atoms with Crippen molar-refractivity contribution in [3.05, 3.63) is 30.1 Å². The maximum atomic E-state index is 13.3. The molecule has 2 aliphatic rings. The molecule has 0 saturated carbocycles. The van der Waals surface area contributed by atoms with E-state index in [-0.39, 0.29) is 11.9 Å². The summed E-state index contributed by atoms with van der Waals surface area (Å²) in [4.78, 5) is 21.6. The molecule has 158 valence electrons. The number of hydrogen-bond acceptors (Lipinski definition) is 6. The first-order chi connectivity index (χ1) is 14.0. The average molecular weight is 402 g/mol. The number of carbonyl (C=O) groups excluding carboxylic acids is 1. The molecule has 0 bridgehead atoms. The first-order valence-electron chi connectivity index (χ1n) is 10.4. The number of aromatic nitrogens is 2. The molecule has 4 rings (SSSR count). The molecule has 1 amide bonds. The lowest BCUT2D eigenvalue weighted by atomic mass is 10.0. The molecule has 0 radical (unpaired) electrons. The molecule has 1 aromatic heterocycles. The number of morpholine rings is 1. The normalized spacial score (nSPS) is 26.8. The molecular formula is C21H30N4O4. The number of likely N-dealkylation sites (tertiary alicyclic amines) is 1. The van der Waals surface area contributed by atoms with Gasteiger partial charge in [-0.15, -0.1) is 0 Å². The Hall–Kier alpha value is -2.00. The third-order valence-electron chi connectivity index (χ3n) is 6.07. The highest BCUT2D eigenvalue weighted by Crippen LogP contribution is 2.23. The van der Waals surface area contributed by atoms with Crippen LogP contribution in [0.5, 0.6) is 0 Å². The van der Waals surface area contributed by atoms with Crippen LogP contribution in [0.4, 0.5) is 0 Å². The Kier molecular flexibility index (Phi) is 5.87. The van der Waals surface area contributed by atoms with Gasteiger partial charge in [0.05, 0.1) is 48.8 Å². The second kappa shape index (κ2) is 8.39. The minimum absolute atomic E-state index is 0.0921. The number of hydrogen-bond donors (Lipinski definition) is 2. The van der Waals surface area contributed by atoms with Gasteiger partial charge in [-0.3, -0.25) is 9.69 Å². The van der Waals surface area contributed by atoms with Crippen molar-refractivity contribution in [2.24, 2.45) is 0 Å². The van der Waals surface area contributed by atoms with Gasteiger partial charge in [0, 0.05) is 37.8 Å². The van der Waals surface area contributed by atoms with E-state index in [1.165, 1.54) is 0 Å². The SMILES string of the molecule is CC(C)n1cnc2cc(C(=O)N3CC[C@@H](O)[C@@H](O)[C@H](N4CCOCC4)C3)ccc21. The summed E-state index contributed by atoms with van der Waals surface area (Å²) in [7, 11) is 0. The zero-order valence-electron chi connectivity index (χ0n) is 17.1. The highest BCUT2D eigenvalue weighted by molar-refractivity contribution is 5.97. The fourth-order valence-electron chi connectivity index (χ4n) is 4.32. The molecule has 2 saturated heterocycles. The van der Waals surface area contributed by atoms with Gasteiger partial charge in [-0.05, 0) is 38.5 Å². The number of aliphatic hydroxyl groups excluding tert-OH is 2. The lowest BCUT2D eigenvalue weighted by Gasteiger charge is -2.38. The number of carbonyl (C=O) groups is 1. The Labute approximate surface area is 170 Å². The predicted octanol–water partition coefficient (Wildman–Crippen LogP) is 0.886. The van der Waals surface area contributed by atoms with Crippen molar-refractivity contribution >= 4 is 16.9 Å². The number of rotatable bonds is 3. The number of ether oxygens (including phenoxy) is 1. The van der Waals surface area contributed by atoms with Gasteiger partial charge in [-0.2, -0.15) is 0 Å². The molecule has 3 heterocycles. The molecule has 29 heavy (non-hydrogen) atoms. The molecule has 8 nitrogen and oxygen atoms in total. The molecule has 8 heteroatoms. The van der Waals surface area contributed by atoms with Crippen molar-refractivity contribution in [1.82, 2.24) is 19.4 Å². The minimum Gasteiger partial charge on any atom is -0.390 e. The Morgan fingerprint density at radius 1 is 1.21 bits per heavy atom. The standard InChI is InChI=1S/C21H30N4O4/c1-14(2)25-13-22-16-11-15(3-4-17(16)25)21(28)24-6-5-19(26)20(27)18(12-24)23-7-9-29-10-8-23/h3-4,11,13-14,18-20,26-27H,5-10,12H2,1-2H3/t18-,19-,20+/m1/s1. The van der Waals surface area contributed by atoms with Crippen LogP contribution in [0.3, 0.4) is 0 Å². The van der Waals surface area contributed by atoms with E-state index in [2.05, 4.69) is 28.3 Å². The molecule has 2 fully saturated rings.